The Morgan fingerprint density at radius 2 is 0.537 bits per heavy atom. The maximum absolute atomic E-state index is 12.9. The predicted molar refractivity (Wildman–Crippen MR) is 317 cm³/mol. The maximum atomic E-state index is 12.9. The van der Waals surface area contributed by atoms with Crippen LogP contribution in [0.15, 0.2) is 228 Å². The molecule has 82 heavy (non-hydrogen) atoms. The van der Waals surface area contributed by atoms with E-state index in [-0.39, 0.29) is 105 Å². The van der Waals surface area contributed by atoms with Crippen molar-refractivity contribution in [3.05, 3.63) is 230 Å². The molecule has 0 aliphatic rings. The van der Waals surface area contributed by atoms with E-state index in [1.807, 2.05) is 170 Å². The number of hydrogen-bond acceptors (Lipinski definition) is 16. The van der Waals surface area contributed by atoms with Gasteiger partial charge in [-0.3, -0.25) is 0 Å². The second-order valence-electron chi connectivity index (χ2n) is 18.7. The Kier molecular flexibility index (Phi) is 17.0. The molecule has 20 heteroatoms. The average Bonchev–Trinajstić information content (AvgIpc) is 3.46. The fourth-order valence-corrected chi connectivity index (χ4v) is 10.7. The van der Waals surface area contributed by atoms with Crippen molar-refractivity contribution in [2.75, 3.05) is 31.9 Å². The van der Waals surface area contributed by atoms with Crippen LogP contribution in [0.2, 0.25) is 0 Å². The van der Waals surface area contributed by atoms with Gasteiger partial charge in [0.2, 0.25) is 11.9 Å². The van der Waals surface area contributed by atoms with Gasteiger partial charge in [0, 0.05) is 46.3 Å². The molecule has 6 N–H and O–H groups in total. The molecular weight excluding hydrogens is 1090 g/mol. The minimum Gasteiger partial charge on any atom is -0.744 e. The number of nitrogens with zero attached hydrogens (tertiary/aromatic N) is 4. The van der Waals surface area contributed by atoms with Crippen molar-refractivity contribution >= 4 is 145 Å². The molecule has 0 aliphatic carbocycles. The van der Waals surface area contributed by atoms with Gasteiger partial charge in [-0.05, 0) is 127 Å². The van der Waals surface area contributed by atoms with Crippen LogP contribution in [0.5, 0.6) is 0 Å². The molecule has 0 amide bonds. The first kappa shape index (κ1) is 57.0. The second kappa shape index (κ2) is 24.5. The van der Waals surface area contributed by atoms with Crippen molar-refractivity contribution in [3.8, 4) is 0 Å². The first-order valence-corrected chi connectivity index (χ1v) is 27.8. The molecule has 16 nitrogen and oxygen atoms in total. The number of nitrogens with one attached hydrogen (secondary N) is 6. The van der Waals surface area contributed by atoms with Crippen molar-refractivity contribution in [1.29, 1.82) is 0 Å². The molecule has 12 rings (SSSR count). The van der Waals surface area contributed by atoms with E-state index in [9.17, 15) is 25.9 Å². The van der Waals surface area contributed by atoms with E-state index < -0.39 is 30.0 Å². The Morgan fingerprint density at radius 1 is 0.293 bits per heavy atom. The standard InChI is InChI=1S/C62H46N10O6S2.2Na/c73-79(74,75)55-35-53(65-59-37-57(63-49-25-19-39-9-1-5-13-45(39)31-49)69-61(71-59)67-51-27-21-41-11-3-7-15-47(41)33-51)29-23-43(55)17-18-44-24-30-54(36-56(44)80(76,77)78)66-60-38-58(64-50-26-20-40-10-2-6-14-46(40)32-50)70-62(72-60)68-52-28-22-42-12-4-8-16-48(42)34-52;;/h1-38H,(H,73,74,75)(H,76,77,78)(H3,63,65,67,69,71)(H3,64,66,68,70,72);;/q;2*+1/p-2/b18-17+;;. The van der Waals surface area contributed by atoms with Crippen LogP contribution in [0.3, 0.4) is 0 Å². The van der Waals surface area contributed by atoms with Crippen LogP contribution in [-0.4, -0.2) is 45.9 Å². The number of rotatable bonds is 16. The van der Waals surface area contributed by atoms with E-state index >= 15 is 0 Å². The Labute approximate surface area is 516 Å². The fourth-order valence-electron chi connectivity index (χ4n) is 9.29. The van der Waals surface area contributed by atoms with Gasteiger partial charge in [-0.2, -0.15) is 19.9 Å². The second-order valence-corrected chi connectivity index (χ2v) is 21.4. The zero-order valence-electron chi connectivity index (χ0n) is 44.0. The van der Waals surface area contributed by atoms with Gasteiger partial charge in [-0.1, -0.05) is 146 Å². The molecule has 0 saturated heterocycles. The largest absolute Gasteiger partial charge is 1.00 e. The van der Waals surface area contributed by atoms with Crippen LogP contribution in [0.25, 0.3) is 55.2 Å². The van der Waals surface area contributed by atoms with Crippen molar-refractivity contribution in [2.45, 2.75) is 9.79 Å². The topological polar surface area (TPSA) is 238 Å². The first-order valence-electron chi connectivity index (χ1n) is 25.0. The van der Waals surface area contributed by atoms with Crippen molar-refractivity contribution in [3.63, 3.8) is 0 Å². The molecule has 2 aromatic heterocycles. The third-order valence-corrected chi connectivity index (χ3v) is 14.8. The number of anilines is 12. The van der Waals surface area contributed by atoms with Gasteiger partial charge in [-0.25, -0.2) is 16.8 Å². The molecular formula is C62H44N10Na2O6S2. The quantitative estimate of drug-likeness (QED) is 0.0303. The molecule has 0 fully saturated rings. The van der Waals surface area contributed by atoms with Crippen molar-refractivity contribution in [1.82, 2.24) is 19.9 Å². The summed E-state index contributed by atoms with van der Waals surface area (Å²) < 4.78 is 77.6. The van der Waals surface area contributed by atoms with E-state index in [4.69, 9.17) is 19.9 Å². The summed E-state index contributed by atoms with van der Waals surface area (Å²) in [4.78, 5) is 17.6. The molecule has 12 aromatic rings. The summed E-state index contributed by atoms with van der Waals surface area (Å²) in [6.45, 7) is 0. The van der Waals surface area contributed by atoms with Gasteiger partial charge in [0.25, 0.3) is 0 Å². The molecule has 0 aliphatic heterocycles. The molecule has 2 heterocycles. The predicted octanol–water partition coefficient (Wildman–Crippen LogP) is 8.33. The van der Waals surface area contributed by atoms with Gasteiger partial charge in [0.15, 0.2) is 0 Å². The van der Waals surface area contributed by atoms with E-state index in [2.05, 4.69) is 31.9 Å². The number of aromatic nitrogens is 4. The smallest absolute Gasteiger partial charge is 0.744 e. The first-order chi connectivity index (χ1) is 38.8. The molecule has 0 unspecified atom stereocenters. The summed E-state index contributed by atoms with van der Waals surface area (Å²) in [7, 11) is -10.3. The minimum atomic E-state index is -5.14. The van der Waals surface area contributed by atoms with E-state index in [1.54, 1.807) is 12.1 Å². The molecule has 0 atom stereocenters. The Hall–Kier alpha value is -8.24. The minimum absolute atomic E-state index is 0. The Bertz CT molecular complexity index is 4180. The van der Waals surface area contributed by atoms with Gasteiger partial charge < -0.3 is 41.0 Å². The van der Waals surface area contributed by atoms with Crippen LogP contribution in [-0.2, 0) is 20.2 Å². The molecule has 0 bridgehead atoms. The van der Waals surface area contributed by atoms with Gasteiger partial charge in [0.1, 0.15) is 43.5 Å². The summed E-state index contributed by atoms with van der Waals surface area (Å²) in [5.74, 6) is 1.73. The molecule has 392 valence electrons. The zero-order valence-corrected chi connectivity index (χ0v) is 49.6. The van der Waals surface area contributed by atoms with E-state index in [1.165, 1.54) is 36.4 Å². The monoisotopic (exact) mass is 1130 g/mol. The molecule has 0 spiro atoms. The van der Waals surface area contributed by atoms with Crippen molar-refractivity contribution < 1.29 is 85.1 Å². The maximum Gasteiger partial charge on any atom is 1.00 e. The van der Waals surface area contributed by atoms with E-state index in [0.29, 0.717) is 11.6 Å². The van der Waals surface area contributed by atoms with Crippen LogP contribution in [0.4, 0.5) is 69.3 Å². The summed E-state index contributed by atoms with van der Waals surface area (Å²) in [6, 6.07) is 66.7. The fraction of sp³-hybridized carbons (Fsp3) is 0. The van der Waals surface area contributed by atoms with Gasteiger partial charge in [0.05, 0.1) is 9.79 Å². The van der Waals surface area contributed by atoms with E-state index in [0.717, 1.165) is 78.0 Å². The Morgan fingerprint density at radius 3 is 0.817 bits per heavy atom. The van der Waals surface area contributed by atoms with Crippen LogP contribution < -0.4 is 91.0 Å². The SMILES string of the molecule is O=S(=O)([O-])c1cc(Nc2cc(Nc3ccc4ccccc4c3)nc(Nc3ccc4ccccc4c3)n2)ccc1/C=C/c1ccc(Nc2cc(Nc3ccc4ccccc4c3)nc(Nc3ccc4ccccc4c3)n2)cc1S(=O)(=O)[O-].[Na+].[Na+]. The average molecular weight is 1140 g/mol. The third-order valence-electron chi connectivity index (χ3n) is 13.1. The molecule has 0 radical (unpaired) electrons. The Balaban J connectivity index is 0.00000376. The third kappa shape index (κ3) is 13.6. The van der Waals surface area contributed by atoms with Gasteiger partial charge >= 0.3 is 59.1 Å². The summed E-state index contributed by atoms with van der Waals surface area (Å²) >= 11 is 0. The number of fused-ring (bicyclic) bond motifs is 4. The number of benzene rings is 10. The summed E-state index contributed by atoms with van der Waals surface area (Å²) in [5, 5.41) is 27.8. The van der Waals surface area contributed by atoms with Crippen molar-refractivity contribution in [2.24, 2.45) is 0 Å². The number of hydrogen-bond donors (Lipinski definition) is 6. The summed E-state index contributed by atoms with van der Waals surface area (Å²) in [6.07, 6.45) is 2.51. The van der Waals surface area contributed by atoms with Gasteiger partial charge in [-0.15, -0.1) is 0 Å². The molecule has 10 aromatic carbocycles. The van der Waals surface area contributed by atoms with Crippen LogP contribution in [0, 0.1) is 0 Å². The molecule has 0 saturated carbocycles. The summed E-state index contributed by atoms with van der Waals surface area (Å²) in [5.41, 5.74) is 3.20. The normalized spacial score (nSPS) is 11.5. The van der Waals surface area contributed by atoms with Crippen LogP contribution >= 0.6 is 0 Å². The zero-order chi connectivity index (χ0) is 54.8. The van der Waals surface area contributed by atoms with Crippen LogP contribution in [0.1, 0.15) is 11.1 Å².